The molecule has 0 aliphatic heterocycles. The fraction of sp³-hybridized carbons (Fsp3) is 1.00. The van der Waals surface area contributed by atoms with Crippen LogP contribution in [0.3, 0.4) is 0 Å². The molecule has 0 heterocycles. The summed E-state index contributed by atoms with van der Waals surface area (Å²) in [6.07, 6.45) is 2.57. The molecular weight excluding hydrogens is 136 g/mol. The molecule has 1 nitrogen and oxygen atoms in total. The molecular formula is C10H20O. The Morgan fingerprint density at radius 1 is 1.18 bits per heavy atom. The van der Waals surface area contributed by atoms with Gasteiger partial charge in [0.2, 0.25) is 0 Å². The highest BCUT2D eigenvalue weighted by molar-refractivity contribution is 4.79. The van der Waals surface area contributed by atoms with Crippen LogP contribution in [0, 0.1) is 23.7 Å². The Kier molecular flexibility index (Phi) is 2.94. The third-order valence-corrected chi connectivity index (χ3v) is 3.35. The predicted molar refractivity (Wildman–Crippen MR) is 47.3 cm³/mol. The molecule has 0 aromatic rings. The molecule has 0 aromatic heterocycles. The third kappa shape index (κ3) is 1.96. The van der Waals surface area contributed by atoms with Crippen LogP contribution >= 0.6 is 0 Å². The molecule has 4 atom stereocenters. The number of rotatable bonds is 1. The first-order valence-corrected chi connectivity index (χ1v) is 4.76. The Hall–Kier alpha value is -0.0400. The number of aliphatic hydroxyl groups is 1. The van der Waals surface area contributed by atoms with E-state index in [-0.39, 0.29) is 0 Å². The van der Waals surface area contributed by atoms with E-state index in [0.29, 0.717) is 12.5 Å². The van der Waals surface area contributed by atoms with Crippen LogP contribution in [0.5, 0.6) is 0 Å². The summed E-state index contributed by atoms with van der Waals surface area (Å²) in [5.74, 6) is 2.90. The second-order valence-electron chi connectivity index (χ2n) is 4.36. The first-order valence-electron chi connectivity index (χ1n) is 4.76. The maximum absolute atomic E-state index is 9.10. The van der Waals surface area contributed by atoms with Crippen molar-refractivity contribution in [2.75, 3.05) is 6.61 Å². The summed E-state index contributed by atoms with van der Waals surface area (Å²) in [7, 11) is 0. The van der Waals surface area contributed by atoms with Crippen molar-refractivity contribution in [3.63, 3.8) is 0 Å². The summed E-state index contributed by atoms with van der Waals surface area (Å²) in [5.41, 5.74) is 0. The molecule has 0 aromatic carbocycles. The lowest BCUT2D eigenvalue weighted by Gasteiger charge is -2.36. The van der Waals surface area contributed by atoms with E-state index < -0.39 is 0 Å². The number of hydrogen-bond donors (Lipinski definition) is 1. The maximum Gasteiger partial charge on any atom is 0.0462 e. The van der Waals surface area contributed by atoms with Gasteiger partial charge in [-0.05, 0) is 36.5 Å². The quantitative estimate of drug-likeness (QED) is 0.617. The van der Waals surface area contributed by atoms with Gasteiger partial charge in [-0.3, -0.25) is 0 Å². The van der Waals surface area contributed by atoms with Crippen molar-refractivity contribution in [1.82, 2.24) is 0 Å². The average molecular weight is 156 g/mol. The molecule has 1 N–H and O–H groups in total. The Balaban J connectivity index is 2.51. The van der Waals surface area contributed by atoms with Crippen molar-refractivity contribution in [3.8, 4) is 0 Å². The Morgan fingerprint density at radius 3 is 2.36 bits per heavy atom. The Morgan fingerprint density at radius 2 is 1.82 bits per heavy atom. The zero-order chi connectivity index (χ0) is 8.43. The van der Waals surface area contributed by atoms with Crippen LogP contribution in [0.15, 0.2) is 0 Å². The van der Waals surface area contributed by atoms with E-state index in [0.717, 1.165) is 17.8 Å². The summed E-state index contributed by atoms with van der Waals surface area (Å²) in [6, 6.07) is 0. The van der Waals surface area contributed by atoms with E-state index in [1.54, 1.807) is 0 Å². The molecule has 0 spiro atoms. The molecule has 1 fully saturated rings. The van der Waals surface area contributed by atoms with Gasteiger partial charge in [-0.2, -0.15) is 0 Å². The van der Waals surface area contributed by atoms with Gasteiger partial charge in [-0.15, -0.1) is 0 Å². The van der Waals surface area contributed by atoms with Crippen LogP contribution in [0.25, 0.3) is 0 Å². The van der Waals surface area contributed by atoms with Crippen molar-refractivity contribution in [1.29, 1.82) is 0 Å². The summed E-state index contributed by atoms with van der Waals surface area (Å²) in [5, 5.41) is 9.10. The maximum atomic E-state index is 9.10. The van der Waals surface area contributed by atoms with E-state index in [2.05, 4.69) is 20.8 Å². The van der Waals surface area contributed by atoms with Gasteiger partial charge in [-0.25, -0.2) is 0 Å². The SMILES string of the molecule is C[C@H]1C[C@@H](CO)[C@@H](C)[C@@H](C)C1. The molecule has 0 radical (unpaired) electrons. The molecule has 1 aliphatic rings. The molecule has 0 bridgehead atoms. The average Bonchev–Trinajstić information content (AvgIpc) is 1.96. The highest BCUT2D eigenvalue weighted by atomic mass is 16.3. The summed E-state index contributed by atoms with van der Waals surface area (Å²) in [6.45, 7) is 7.27. The summed E-state index contributed by atoms with van der Waals surface area (Å²) < 4.78 is 0. The molecule has 1 heteroatoms. The zero-order valence-corrected chi connectivity index (χ0v) is 7.88. The van der Waals surface area contributed by atoms with Gasteiger partial charge in [0, 0.05) is 6.61 Å². The number of hydrogen-bond acceptors (Lipinski definition) is 1. The van der Waals surface area contributed by atoms with Crippen molar-refractivity contribution in [2.24, 2.45) is 23.7 Å². The van der Waals surface area contributed by atoms with Crippen molar-refractivity contribution < 1.29 is 5.11 Å². The van der Waals surface area contributed by atoms with E-state index >= 15 is 0 Å². The first-order chi connectivity index (χ1) is 5.15. The second-order valence-corrected chi connectivity index (χ2v) is 4.36. The second kappa shape index (κ2) is 3.57. The van der Waals surface area contributed by atoms with Gasteiger partial charge in [0.15, 0.2) is 0 Å². The largest absolute Gasteiger partial charge is 0.396 e. The monoisotopic (exact) mass is 156 g/mol. The lowest BCUT2D eigenvalue weighted by Crippen LogP contribution is -2.30. The van der Waals surface area contributed by atoms with Gasteiger partial charge in [-0.1, -0.05) is 20.8 Å². The topological polar surface area (TPSA) is 20.2 Å². The molecule has 0 amide bonds. The van der Waals surface area contributed by atoms with Gasteiger partial charge in [0.05, 0.1) is 0 Å². The van der Waals surface area contributed by atoms with Gasteiger partial charge in [0.25, 0.3) is 0 Å². The molecule has 1 rings (SSSR count). The van der Waals surface area contributed by atoms with Crippen molar-refractivity contribution in [2.45, 2.75) is 33.6 Å². The fourth-order valence-electron chi connectivity index (χ4n) is 2.38. The zero-order valence-electron chi connectivity index (χ0n) is 7.88. The molecule has 1 aliphatic carbocycles. The predicted octanol–water partition coefficient (Wildman–Crippen LogP) is 2.30. The minimum atomic E-state index is 0.385. The molecule has 0 saturated heterocycles. The van der Waals surface area contributed by atoms with Crippen LogP contribution in [-0.2, 0) is 0 Å². The van der Waals surface area contributed by atoms with Crippen LogP contribution in [0.2, 0.25) is 0 Å². The van der Waals surface area contributed by atoms with Crippen LogP contribution < -0.4 is 0 Å². The lowest BCUT2D eigenvalue weighted by atomic mass is 9.70. The van der Waals surface area contributed by atoms with E-state index in [4.69, 9.17) is 5.11 Å². The number of aliphatic hydroxyl groups excluding tert-OH is 1. The Bertz CT molecular complexity index is 122. The van der Waals surface area contributed by atoms with Gasteiger partial charge >= 0.3 is 0 Å². The normalized spacial score (nSPS) is 45.8. The molecule has 11 heavy (non-hydrogen) atoms. The van der Waals surface area contributed by atoms with E-state index in [1.807, 2.05) is 0 Å². The third-order valence-electron chi connectivity index (χ3n) is 3.35. The molecule has 0 unspecified atom stereocenters. The molecule has 66 valence electrons. The fourth-order valence-corrected chi connectivity index (χ4v) is 2.38. The standard InChI is InChI=1S/C10H20O/c1-7-4-8(2)9(3)10(5-7)6-11/h7-11H,4-6H2,1-3H3/t7-,8+,9+,10+/m1/s1. The highest BCUT2D eigenvalue weighted by Gasteiger charge is 2.29. The first kappa shape index (κ1) is 9.05. The van der Waals surface area contributed by atoms with Crippen molar-refractivity contribution >= 4 is 0 Å². The highest BCUT2D eigenvalue weighted by Crippen LogP contribution is 2.37. The van der Waals surface area contributed by atoms with Gasteiger partial charge < -0.3 is 5.11 Å². The smallest absolute Gasteiger partial charge is 0.0462 e. The van der Waals surface area contributed by atoms with Crippen LogP contribution in [0.4, 0.5) is 0 Å². The van der Waals surface area contributed by atoms with E-state index in [9.17, 15) is 0 Å². The molecule has 1 saturated carbocycles. The van der Waals surface area contributed by atoms with Crippen LogP contribution in [0.1, 0.15) is 33.6 Å². The van der Waals surface area contributed by atoms with Crippen molar-refractivity contribution in [3.05, 3.63) is 0 Å². The summed E-state index contributed by atoms with van der Waals surface area (Å²) in [4.78, 5) is 0. The van der Waals surface area contributed by atoms with Crippen LogP contribution in [-0.4, -0.2) is 11.7 Å². The lowest BCUT2D eigenvalue weighted by molar-refractivity contribution is 0.0811. The summed E-state index contributed by atoms with van der Waals surface area (Å²) >= 11 is 0. The minimum absolute atomic E-state index is 0.385. The van der Waals surface area contributed by atoms with E-state index in [1.165, 1.54) is 12.8 Å². The van der Waals surface area contributed by atoms with Gasteiger partial charge in [0.1, 0.15) is 0 Å². The Labute approximate surface area is 69.8 Å². The minimum Gasteiger partial charge on any atom is -0.396 e.